The van der Waals surface area contributed by atoms with Gasteiger partial charge in [0.2, 0.25) is 0 Å². The van der Waals surface area contributed by atoms with Gasteiger partial charge < -0.3 is 20.2 Å². The van der Waals surface area contributed by atoms with Gasteiger partial charge in [0.05, 0.1) is 24.2 Å². The minimum Gasteiger partial charge on any atom is -0.391 e. The Bertz CT molecular complexity index is 913. The van der Waals surface area contributed by atoms with Crippen LogP contribution in [0.3, 0.4) is 0 Å². The second kappa shape index (κ2) is 7.91. The highest BCUT2D eigenvalue weighted by Gasteiger charge is 2.32. The number of anilines is 3. The monoisotopic (exact) mass is 380 g/mol. The Kier molecular flexibility index (Phi) is 5.18. The largest absolute Gasteiger partial charge is 0.391 e. The number of aliphatic hydroxyl groups is 1. The van der Waals surface area contributed by atoms with Crippen LogP contribution in [0.15, 0.2) is 49.2 Å². The lowest BCUT2D eigenvalue weighted by atomic mass is 10.2. The molecule has 1 saturated heterocycles. The van der Waals surface area contributed by atoms with Crippen LogP contribution in [0.2, 0.25) is 0 Å². The van der Waals surface area contributed by atoms with Crippen molar-refractivity contribution in [2.45, 2.75) is 18.6 Å². The van der Waals surface area contributed by atoms with Gasteiger partial charge in [0, 0.05) is 31.4 Å². The Balaban J connectivity index is 1.51. The fourth-order valence-corrected chi connectivity index (χ4v) is 3.49. The summed E-state index contributed by atoms with van der Waals surface area (Å²) in [6.45, 7) is 1.44. The highest BCUT2D eigenvalue weighted by Crippen LogP contribution is 2.26. The maximum atomic E-state index is 10.1. The molecule has 1 aliphatic rings. The van der Waals surface area contributed by atoms with Gasteiger partial charge in [-0.15, -0.1) is 0 Å². The number of likely N-dealkylation sites (N-methyl/N-ethyl adjacent to an activating group) is 1. The Labute approximate surface area is 163 Å². The third kappa shape index (κ3) is 4.10. The van der Waals surface area contributed by atoms with Gasteiger partial charge in [-0.1, -0.05) is 6.07 Å². The van der Waals surface area contributed by atoms with Gasteiger partial charge >= 0.3 is 0 Å². The van der Waals surface area contributed by atoms with E-state index < -0.39 is 0 Å². The fraction of sp³-hybridized carbons (Fsp3) is 0.368. The molecule has 146 valence electrons. The Morgan fingerprint density at radius 2 is 2.11 bits per heavy atom. The van der Waals surface area contributed by atoms with Crippen LogP contribution in [-0.2, 0) is 0 Å². The zero-order chi connectivity index (χ0) is 19.5. The highest BCUT2D eigenvalue weighted by molar-refractivity contribution is 5.59. The van der Waals surface area contributed by atoms with Crippen LogP contribution in [-0.4, -0.2) is 74.1 Å². The molecule has 9 heteroatoms. The molecule has 0 spiro atoms. The molecule has 1 aliphatic heterocycles. The molecule has 0 aromatic carbocycles. The second-order valence-electron chi connectivity index (χ2n) is 7.21. The number of aromatic nitrogens is 5. The Hall–Kier alpha value is -3.04. The molecule has 2 atom stereocenters. The number of hydrogen-bond donors (Lipinski definition) is 2. The van der Waals surface area contributed by atoms with Crippen LogP contribution in [0.5, 0.6) is 0 Å². The summed E-state index contributed by atoms with van der Waals surface area (Å²) in [4.78, 5) is 17.3. The van der Waals surface area contributed by atoms with E-state index in [2.05, 4.69) is 35.2 Å². The molecule has 9 nitrogen and oxygen atoms in total. The number of nitrogens with zero attached hydrogens (tertiary/aromatic N) is 7. The topological polar surface area (TPSA) is 95.2 Å². The number of hydrogen-bond acceptors (Lipinski definition) is 8. The molecular formula is C19H24N8O. The Morgan fingerprint density at radius 3 is 2.89 bits per heavy atom. The molecular weight excluding hydrogens is 356 g/mol. The molecule has 3 aromatic heterocycles. The number of aliphatic hydroxyl groups excluding tert-OH is 1. The van der Waals surface area contributed by atoms with E-state index in [1.54, 1.807) is 17.1 Å². The first kappa shape index (κ1) is 18.3. The molecule has 0 aliphatic carbocycles. The number of pyridine rings is 1. The maximum absolute atomic E-state index is 10.1. The summed E-state index contributed by atoms with van der Waals surface area (Å²) >= 11 is 0. The van der Waals surface area contributed by atoms with E-state index >= 15 is 0 Å². The lowest BCUT2D eigenvalue weighted by Crippen LogP contribution is -2.38. The quantitative estimate of drug-likeness (QED) is 0.661. The SMILES string of the molecule is CN(C)C[C@H]1C[C@@H](O)CN1c1cc(Nc2cnn(-c3ccccn3)c2)ncn1. The minimum atomic E-state index is -0.340. The van der Waals surface area contributed by atoms with Gasteiger partial charge in [0.1, 0.15) is 18.0 Å². The van der Waals surface area contributed by atoms with Crippen molar-refractivity contribution >= 4 is 17.3 Å². The van der Waals surface area contributed by atoms with Crippen LogP contribution in [0.4, 0.5) is 17.3 Å². The van der Waals surface area contributed by atoms with E-state index in [9.17, 15) is 5.11 Å². The summed E-state index contributed by atoms with van der Waals surface area (Å²) in [7, 11) is 4.07. The van der Waals surface area contributed by atoms with Gasteiger partial charge in [-0.05, 0) is 32.6 Å². The predicted molar refractivity (Wildman–Crippen MR) is 107 cm³/mol. The van der Waals surface area contributed by atoms with Crippen molar-refractivity contribution in [2.75, 3.05) is 37.4 Å². The van der Waals surface area contributed by atoms with Gasteiger partial charge in [-0.3, -0.25) is 0 Å². The number of β-amino-alcohol motifs (C(OH)–C–C–N with tert-alkyl or cyclic N) is 1. The van der Waals surface area contributed by atoms with Crippen LogP contribution < -0.4 is 10.2 Å². The van der Waals surface area contributed by atoms with Gasteiger partial charge in [-0.25, -0.2) is 19.6 Å². The molecule has 2 N–H and O–H groups in total. The summed E-state index contributed by atoms with van der Waals surface area (Å²) < 4.78 is 1.70. The van der Waals surface area contributed by atoms with Crippen molar-refractivity contribution in [3.05, 3.63) is 49.2 Å². The van der Waals surface area contributed by atoms with Gasteiger partial charge in [0.25, 0.3) is 0 Å². The van der Waals surface area contributed by atoms with E-state index in [0.29, 0.717) is 12.4 Å². The lowest BCUT2D eigenvalue weighted by Gasteiger charge is -2.27. The molecule has 1 fully saturated rings. The minimum absolute atomic E-state index is 0.222. The van der Waals surface area contributed by atoms with Crippen molar-refractivity contribution in [1.29, 1.82) is 0 Å². The molecule has 4 heterocycles. The molecule has 0 radical (unpaired) electrons. The van der Waals surface area contributed by atoms with Gasteiger partial charge in [0.15, 0.2) is 5.82 Å². The van der Waals surface area contributed by atoms with E-state index in [4.69, 9.17) is 0 Å². The van der Waals surface area contributed by atoms with E-state index in [-0.39, 0.29) is 12.1 Å². The summed E-state index contributed by atoms with van der Waals surface area (Å²) in [5.41, 5.74) is 0.807. The molecule has 28 heavy (non-hydrogen) atoms. The summed E-state index contributed by atoms with van der Waals surface area (Å²) in [5, 5.41) is 17.7. The second-order valence-corrected chi connectivity index (χ2v) is 7.21. The fourth-order valence-electron chi connectivity index (χ4n) is 3.49. The van der Waals surface area contributed by atoms with Crippen molar-refractivity contribution in [3.8, 4) is 5.82 Å². The molecule has 4 rings (SSSR count). The highest BCUT2D eigenvalue weighted by atomic mass is 16.3. The van der Waals surface area contributed by atoms with Crippen LogP contribution in [0.1, 0.15) is 6.42 Å². The first-order valence-corrected chi connectivity index (χ1v) is 9.23. The average molecular weight is 380 g/mol. The molecule has 0 amide bonds. The van der Waals surface area contributed by atoms with Gasteiger partial charge in [-0.2, -0.15) is 5.10 Å². The summed E-state index contributed by atoms with van der Waals surface area (Å²) in [5.74, 6) is 2.23. The third-order valence-electron chi connectivity index (χ3n) is 4.65. The molecule has 0 bridgehead atoms. The van der Waals surface area contributed by atoms with E-state index in [0.717, 1.165) is 30.3 Å². The maximum Gasteiger partial charge on any atom is 0.153 e. The molecule has 0 unspecified atom stereocenters. The summed E-state index contributed by atoms with van der Waals surface area (Å²) in [6.07, 6.45) is 7.26. The number of nitrogens with one attached hydrogen (secondary N) is 1. The van der Waals surface area contributed by atoms with Crippen LogP contribution >= 0.6 is 0 Å². The lowest BCUT2D eigenvalue weighted by molar-refractivity contribution is 0.191. The predicted octanol–water partition coefficient (Wildman–Crippen LogP) is 1.30. The van der Waals surface area contributed by atoms with Crippen molar-refractivity contribution in [3.63, 3.8) is 0 Å². The van der Waals surface area contributed by atoms with E-state index in [1.165, 1.54) is 6.33 Å². The standard InChI is InChI=1S/C19H24N8O/c1-25(2)11-15-7-16(28)12-26(15)19-8-17(21-13-22-19)24-14-9-23-27(10-14)18-5-3-4-6-20-18/h3-6,8-10,13,15-16,28H,7,11-12H2,1-2H3,(H,21,22,24)/t15-,16-/m1/s1. The van der Waals surface area contributed by atoms with Crippen LogP contribution in [0.25, 0.3) is 5.82 Å². The zero-order valence-corrected chi connectivity index (χ0v) is 16.0. The van der Waals surface area contributed by atoms with Crippen molar-refractivity contribution in [2.24, 2.45) is 0 Å². The van der Waals surface area contributed by atoms with Crippen molar-refractivity contribution < 1.29 is 5.11 Å². The zero-order valence-electron chi connectivity index (χ0n) is 16.0. The summed E-state index contributed by atoms with van der Waals surface area (Å²) in [6, 6.07) is 7.80. The molecule has 3 aromatic rings. The third-order valence-corrected chi connectivity index (χ3v) is 4.65. The normalized spacial score (nSPS) is 19.4. The first-order chi connectivity index (χ1) is 13.6. The average Bonchev–Trinajstić information content (AvgIpc) is 3.29. The first-order valence-electron chi connectivity index (χ1n) is 9.23. The Morgan fingerprint density at radius 1 is 1.21 bits per heavy atom. The molecule has 0 saturated carbocycles. The number of rotatable bonds is 6. The van der Waals surface area contributed by atoms with Crippen LogP contribution in [0, 0.1) is 0 Å². The smallest absolute Gasteiger partial charge is 0.153 e. The van der Waals surface area contributed by atoms with E-state index in [1.807, 2.05) is 44.6 Å². The van der Waals surface area contributed by atoms with Crippen molar-refractivity contribution in [1.82, 2.24) is 29.6 Å².